The van der Waals surface area contributed by atoms with Crippen molar-refractivity contribution in [3.05, 3.63) is 0 Å². The molecule has 1 N–H and O–H groups in total. The highest BCUT2D eigenvalue weighted by Gasteiger charge is 2.23. The van der Waals surface area contributed by atoms with Crippen molar-refractivity contribution in [3.8, 4) is 0 Å². The van der Waals surface area contributed by atoms with E-state index in [4.69, 9.17) is 4.74 Å². The Morgan fingerprint density at radius 2 is 1.88 bits per heavy atom. The number of ether oxygens (including phenoxy) is 1. The molecule has 0 radical (unpaired) electrons. The minimum atomic E-state index is -0.245. The average Bonchev–Trinajstić information content (AvgIpc) is 2.30. The van der Waals surface area contributed by atoms with Crippen LogP contribution in [0.1, 0.15) is 46.0 Å². The molecule has 1 saturated carbocycles. The van der Waals surface area contributed by atoms with Crippen LogP contribution in [-0.4, -0.2) is 25.0 Å². The van der Waals surface area contributed by atoms with Crippen LogP contribution >= 0.6 is 0 Å². The summed E-state index contributed by atoms with van der Waals surface area (Å²) in [6.45, 7) is 4.80. The maximum absolute atomic E-state index is 11.8. The molecule has 17 heavy (non-hydrogen) atoms. The first kappa shape index (κ1) is 14.0. The van der Waals surface area contributed by atoms with Gasteiger partial charge in [-0.25, -0.2) is 0 Å². The summed E-state index contributed by atoms with van der Waals surface area (Å²) in [5, 5.41) is 2.82. The minimum Gasteiger partial charge on any atom is -0.466 e. The first-order chi connectivity index (χ1) is 8.13. The van der Waals surface area contributed by atoms with Crippen molar-refractivity contribution in [3.63, 3.8) is 0 Å². The predicted molar refractivity (Wildman–Crippen MR) is 65.4 cm³/mol. The summed E-state index contributed by atoms with van der Waals surface area (Å²) in [4.78, 5) is 22.9. The zero-order valence-electron chi connectivity index (χ0n) is 10.8. The van der Waals surface area contributed by atoms with E-state index in [0.29, 0.717) is 13.2 Å². The molecule has 0 bridgehead atoms. The van der Waals surface area contributed by atoms with Crippen molar-refractivity contribution >= 4 is 11.9 Å². The minimum absolute atomic E-state index is 0.0983. The number of hydrogen-bond acceptors (Lipinski definition) is 3. The third-order valence-electron chi connectivity index (χ3n) is 3.32. The first-order valence-electron chi connectivity index (χ1n) is 6.56. The lowest BCUT2D eigenvalue weighted by atomic mass is 9.82. The molecule has 1 amide bonds. The molecule has 0 heterocycles. The lowest BCUT2D eigenvalue weighted by Gasteiger charge is -2.25. The van der Waals surface area contributed by atoms with Crippen molar-refractivity contribution in [2.24, 2.45) is 11.8 Å². The molecule has 98 valence electrons. The Labute approximate surface area is 103 Å². The molecule has 0 aliphatic heterocycles. The normalized spacial score (nSPS) is 24.1. The van der Waals surface area contributed by atoms with Gasteiger partial charge in [0, 0.05) is 12.5 Å². The summed E-state index contributed by atoms with van der Waals surface area (Å²) < 4.78 is 4.79. The SMILES string of the molecule is CCOC(=O)CCNC(=O)C1CCC(C)CC1. The van der Waals surface area contributed by atoms with E-state index in [1.165, 1.54) is 0 Å². The summed E-state index contributed by atoms with van der Waals surface area (Å²) in [7, 11) is 0. The molecule has 1 rings (SSSR count). The van der Waals surface area contributed by atoms with Gasteiger partial charge in [-0.15, -0.1) is 0 Å². The highest BCUT2D eigenvalue weighted by atomic mass is 16.5. The van der Waals surface area contributed by atoms with E-state index < -0.39 is 0 Å². The zero-order chi connectivity index (χ0) is 12.7. The Hall–Kier alpha value is -1.06. The molecule has 1 fully saturated rings. The Morgan fingerprint density at radius 1 is 1.24 bits per heavy atom. The van der Waals surface area contributed by atoms with Crippen molar-refractivity contribution in [1.82, 2.24) is 5.32 Å². The highest BCUT2D eigenvalue weighted by Crippen LogP contribution is 2.28. The Kier molecular flexibility index (Phi) is 6.01. The molecule has 0 aromatic heterocycles. The van der Waals surface area contributed by atoms with Gasteiger partial charge in [-0.3, -0.25) is 9.59 Å². The molecule has 0 saturated heterocycles. The third kappa shape index (κ3) is 5.20. The molecule has 0 aromatic rings. The van der Waals surface area contributed by atoms with Crippen LogP contribution in [0.15, 0.2) is 0 Å². The van der Waals surface area contributed by atoms with Gasteiger partial charge < -0.3 is 10.1 Å². The van der Waals surface area contributed by atoms with Gasteiger partial charge in [0.1, 0.15) is 0 Å². The van der Waals surface area contributed by atoms with Gasteiger partial charge in [-0.05, 0) is 38.5 Å². The number of carbonyl (C=O) groups is 2. The summed E-state index contributed by atoms with van der Waals surface area (Å²) >= 11 is 0. The number of carbonyl (C=O) groups excluding carboxylic acids is 2. The molecule has 1 aliphatic rings. The number of rotatable bonds is 5. The highest BCUT2D eigenvalue weighted by molar-refractivity contribution is 5.79. The Balaban J connectivity index is 2.14. The van der Waals surface area contributed by atoms with Gasteiger partial charge >= 0.3 is 5.97 Å². The van der Waals surface area contributed by atoms with Crippen LogP contribution in [0, 0.1) is 11.8 Å². The Bertz CT molecular complexity index is 257. The van der Waals surface area contributed by atoms with E-state index in [2.05, 4.69) is 12.2 Å². The second-order valence-electron chi connectivity index (χ2n) is 4.80. The average molecular weight is 241 g/mol. The maximum atomic E-state index is 11.8. The van der Waals surface area contributed by atoms with Gasteiger partial charge in [-0.2, -0.15) is 0 Å². The van der Waals surface area contributed by atoms with Crippen molar-refractivity contribution < 1.29 is 14.3 Å². The van der Waals surface area contributed by atoms with E-state index in [1.54, 1.807) is 6.92 Å². The zero-order valence-corrected chi connectivity index (χ0v) is 10.8. The van der Waals surface area contributed by atoms with Gasteiger partial charge in [0.05, 0.1) is 13.0 Å². The largest absolute Gasteiger partial charge is 0.466 e. The van der Waals surface area contributed by atoms with Gasteiger partial charge in [-0.1, -0.05) is 6.92 Å². The fourth-order valence-electron chi connectivity index (χ4n) is 2.19. The summed E-state index contributed by atoms with van der Waals surface area (Å²) in [6.07, 6.45) is 4.49. The van der Waals surface area contributed by atoms with Crippen LogP contribution in [0.25, 0.3) is 0 Å². The summed E-state index contributed by atoms with van der Waals surface area (Å²) in [5.74, 6) is 0.748. The van der Waals surface area contributed by atoms with E-state index in [1.807, 2.05) is 0 Å². The quantitative estimate of drug-likeness (QED) is 0.748. The number of amides is 1. The summed E-state index contributed by atoms with van der Waals surface area (Å²) in [6, 6.07) is 0. The number of esters is 1. The molecule has 0 atom stereocenters. The number of nitrogens with one attached hydrogen (secondary N) is 1. The van der Waals surface area contributed by atoms with E-state index in [9.17, 15) is 9.59 Å². The van der Waals surface area contributed by atoms with Crippen molar-refractivity contribution in [2.45, 2.75) is 46.0 Å². The second-order valence-corrected chi connectivity index (χ2v) is 4.80. The van der Waals surface area contributed by atoms with Crippen LogP contribution in [0.4, 0.5) is 0 Å². The predicted octanol–water partition coefficient (Wildman–Crippen LogP) is 1.88. The van der Waals surface area contributed by atoms with Crippen LogP contribution in [0.5, 0.6) is 0 Å². The molecule has 1 aliphatic carbocycles. The maximum Gasteiger partial charge on any atom is 0.307 e. The monoisotopic (exact) mass is 241 g/mol. The first-order valence-corrected chi connectivity index (χ1v) is 6.56. The summed E-state index contributed by atoms with van der Waals surface area (Å²) in [5.41, 5.74) is 0. The van der Waals surface area contributed by atoms with Crippen LogP contribution in [0.2, 0.25) is 0 Å². The van der Waals surface area contributed by atoms with Crippen molar-refractivity contribution in [1.29, 1.82) is 0 Å². The topological polar surface area (TPSA) is 55.4 Å². The molecule has 4 nitrogen and oxygen atoms in total. The molecule has 0 unspecified atom stereocenters. The molecule has 0 spiro atoms. The van der Waals surface area contributed by atoms with Crippen LogP contribution in [0.3, 0.4) is 0 Å². The lowest BCUT2D eigenvalue weighted by molar-refractivity contribution is -0.143. The molecular weight excluding hydrogens is 218 g/mol. The van der Waals surface area contributed by atoms with Gasteiger partial charge in [0.25, 0.3) is 0 Å². The molecule has 0 aromatic carbocycles. The van der Waals surface area contributed by atoms with Gasteiger partial charge in [0.15, 0.2) is 0 Å². The lowest BCUT2D eigenvalue weighted by Crippen LogP contribution is -2.34. The van der Waals surface area contributed by atoms with Crippen molar-refractivity contribution in [2.75, 3.05) is 13.2 Å². The third-order valence-corrected chi connectivity index (χ3v) is 3.32. The molecule has 4 heteroatoms. The fraction of sp³-hybridized carbons (Fsp3) is 0.846. The van der Waals surface area contributed by atoms with E-state index in [0.717, 1.165) is 31.6 Å². The number of hydrogen-bond donors (Lipinski definition) is 1. The molecular formula is C13H23NO3. The Morgan fingerprint density at radius 3 is 2.47 bits per heavy atom. The van der Waals surface area contributed by atoms with Gasteiger partial charge in [0.2, 0.25) is 5.91 Å². The smallest absolute Gasteiger partial charge is 0.307 e. The second kappa shape index (κ2) is 7.30. The van der Waals surface area contributed by atoms with Crippen LogP contribution in [-0.2, 0) is 14.3 Å². The standard InChI is InChI=1S/C13H23NO3/c1-3-17-12(15)8-9-14-13(16)11-6-4-10(2)5-7-11/h10-11H,3-9H2,1-2H3,(H,14,16). The van der Waals surface area contributed by atoms with E-state index >= 15 is 0 Å². The fourth-order valence-corrected chi connectivity index (χ4v) is 2.19. The van der Waals surface area contributed by atoms with Crippen LogP contribution < -0.4 is 5.32 Å². The van der Waals surface area contributed by atoms with E-state index in [-0.39, 0.29) is 24.2 Å².